The molecule has 2 atom stereocenters. The second kappa shape index (κ2) is 8.50. The first-order chi connectivity index (χ1) is 10.4. The van der Waals surface area contributed by atoms with Crippen LogP contribution in [0.4, 0.5) is 13.2 Å². The number of halogens is 3. The van der Waals surface area contributed by atoms with Gasteiger partial charge in [0, 0.05) is 19.6 Å². The van der Waals surface area contributed by atoms with Crippen molar-refractivity contribution in [2.24, 2.45) is 5.92 Å². The van der Waals surface area contributed by atoms with Crippen LogP contribution < -0.4 is 0 Å². The fourth-order valence-corrected chi connectivity index (χ4v) is 3.52. The summed E-state index contributed by atoms with van der Waals surface area (Å²) in [6, 6.07) is 0. The topological polar surface area (TPSA) is 15.7 Å². The third-order valence-corrected chi connectivity index (χ3v) is 4.86. The summed E-state index contributed by atoms with van der Waals surface area (Å²) in [5.74, 6) is 0.639. The van der Waals surface area contributed by atoms with E-state index in [1.54, 1.807) is 0 Å². The van der Waals surface area contributed by atoms with Gasteiger partial charge in [-0.05, 0) is 38.3 Å². The maximum absolute atomic E-state index is 12.4. The molecule has 0 N–H and O–H groups in total. The van der Waals surface area contributed by atoms with E-state index in [4.69, 9.17) is 4.74 Å². The monoisotopic (exact) mass is 322 g/mol. The molecule has 0 aromatic heterocycles. The highest BCUT2D eigenvalue weighted by atomic mass is 19.4. The van der Waals surface area contributed by atoms with Gasteiger partial charge in [-0.25, -0.2) is 0 Å². The van der Waals surface area contributed by atoms with Crippen molar-refractivity contribution in [1.82, 2.24) is 9.80 Å². The van der Waals surface area contributed by atoms with Gasteiger partial charge in [0.2, 0.25) is 0 Å². The van der Waals surface area contributed by atoms with Crippen molar-refractivity contribution in [2.75, 3.05) is 45.9 Å². The number of alkyl halides is 3. The molecule has 6 heteroatoms. The van der Waals surface area contributed by atoms with Gasteiger partial charge in [0.25, 0.3) is 0 Å². The van der Waals surface area contributed by atoms with Crippen LogP contribution in [0.25, 0.3) is 0 Å². The molecule has 0 amide bonds. The van der Waals surface area contributed by atoms with E-state index in [9.17, 15) is 13.2 Å². The number of hydrogen-bond donors (Lipinski definition) is 0. The zero-order valence-corrected chi connectivity index (χ0v) is 13.6. The van der Waals surface area contributed by atoms with E-state index >= 15 is 0 Å². The largest absolute Gasteiger partial charge is 0.401 e. The molecule has 1 aliphatic heterocycles. The lowest BCUT2D eigenvalue weighted by Crippen LogP contribution is -2.38. The molecule has 0 unspecified atom stereocenters. The molecule has 0 bridgehead atoms. The fraction of sp³-hybridized carbons (Fsp3) is 1.00. The summed E-state index contributed by atoms with van der Waals surface area (Å²) in [5.41, 5.74) is 0. The van der Waals surface area contributed by atoms with Gasteiger partial charge in [-0.1, -0.05) is 19.8 Å². The molecule has 1 aliphatic carbocycles. The van der Waals surface area contributed by atoms with Gasteiger partial charge < -0.3 is 4.74 Å². The van der Waals surface area contributed by atoms with Gasteiger partial charge in [-0.3, -0.25) is 9.80 Å². The predicted octanol–water partition coefficient (Wildman–Crippen LogP) is 3.15. The third-order valence-electron chi connectivity index (χ3n) is 4.86. The molecule has 2 rings (SSSR count). The Hall–Kier alpha value is -0.330. The molecular formula is C16H29F3N2O. The van der Waals surface area contributed by atoms with Crippen molar-refractivity contribution in [3.63, 3.8) is 0 Å². The maximum Gasteiger partial charge on any atom is 0.401 e. The quantitative estimate of drug-likeness (QED) is 0.773. The molecule has 2 fully saturated rings. The molecule has 1 saturated heterocycles. The summed E-state index contributed by atoms with van der Waals surface area (Å²) in [7, 11) is 0. The Bertz CT molecular complexity index is 325. The SMILES string of the molecule is C[C@H]1CCCC[C@@H]1OCCN1CCCN(CC(F)(F)F)CC1. The van der Waals surface area contributed by atoms with E-state index in [0.29, 0.717) is 38.3 Å². The van der Waals surface area contributed by atoms with E-state index in [1.165, 1.54) is 24.2 Å². The normalized spacial score (nSPS) is 29.5. The maximum atomic E-state index is 12.4. The van der Waals surface area contributed by atoms with Crippen molar-refractivity contribution in [3.05, 3.63) is 0 Å². The Morgan fingerprint density at radius 1 is 0.955 bits per heavy atom. The minimum absolute atomic E-state index is 0.377. The van der Waals surface area contributed by atoms with Gasteiger partial charge in [-0.15, -0.1) is 0 Å². The zero-order chi connectivity index (χ0) is 16.0. The van der Waals surface area contributed by atoms with Gasteiger partial charge in [0.15, 0.2) is 0 Å². The minimum Gasteiger partial charge on any atom is -0.377 e. The van der Waals surface area contributed by atoms with Crippen LogP contribution in [0.1, 0.15) is 39.0 Å². The van der Waals surface area contributed by atoms with Crippen LogP contribution in [0.2, 0.25) is 0 Å². The van der Waals surface area contributed by atoms with Crippen LogP contribution in [0.15, 0.2) is 0 Å². The van der Waals surface area contributed by atoms with Crippen LogP contribution in [0, 0.1) is 5.92 Å². The minimum atomic E-state index is -4.09. The standard InChI is InChI=1S/C16H29F3N2O/c1-14-5-2-3-6-15(14)22-12-11-20-7-4-8-21(10-9-20)13-16(17,18)19/h14-15H,2-13H2,1H3/t14-,15-/m0/s1. The summed E-state index contributed by atoms with van der Waals surface area (Å²) in [6.07, 6.45) is 2.06. The molecule has 22 heavy (non-hydrogen) atoms. The van der Waals surface area contributed by atoms with Crippen LogP contribution >= 0.6 is 0 Å². The third kappa shape index (κ3) is 6.42. The molecular weight excluding hydrogens is 293 g/mol. The molecule has 2 aliphatic rings. The van der Waals surface area contributed by atoms with Crippen molar-refractivity contribution < 1.29 is 17.9 Å². The predicted molar refractivity (Wildman–Crippen MR) is 80.9 cm³/mol. The molecule has 130 valence electrons. The van der Waals surface area contributed by atoms with E-state index in [-0.39, 0.29) is 0 Å². The van der Waals surface area contributed by atoms with Crippen LogP contribution in [-0.4, -0.2) is 68.0 Å². The van der Waals surface area contributed by atoms with E-state index < -0.39 is 12.7 Å². The van der Waals surface area contributed by atoms with Crippen molar-refractivity contribution in [2.45, 2.75) is 51.3 Å². The lowest BCUT2D eigenvalue weighted by Gasteiger charge is -2.30. The number of ether oxygens (including phenoxy) is 1. The summed E-state index contributed by atoms with van der Waals surface area (Å²) < 4.78 is 43.3. The first kappa shape index (κ1) is 18.0. The van der Waals surface area contributed by atoms with Gasteiger partial charge in [0.1, 0.15) is 0 Å². The van der Waals surface area contributed by atoms with Crippen molar-refractivity contribution in [3.8, 4) is 0 Å². The molecule has 1 saturated carbocycles. The Kier molecular flexibility index (Phi) is 6.96. The fourth-order valence-electron chi connectivity index (χ4n) is 3.52. The molecule has 0 aromatic carbocycles. The van der Waals surface area contributed by atoms with Gasteiger partial charge in [-0.2, -0.15) is 13.2 Å². The molecule has 0 spiro atoms. The number of nitrogens with zero attached hydrogens (tertiary/aromatic N) is 2. The van der Waals surface area contributed by atoms with Crippen LogP contribution in [-0.2, 0) is 4.74 Å². The first-order valence-electron chi connectivity index (χ1n) is 8.57. The van der Waals surface area contributed by atoms with Crippen LogP contribution in [0.3, 0.4) is 0 Å². The van der Waals surface area contributed by atoms with E-state index in [2.05, 4.69) is 11.8 Å². The Morgan fingerprint density at radius 2 is 1.64 bits per heavy atom. The highest BCUT2D eigenvalue weighted by molar-refractivity contribution is 4.74. The Labute approximate surface area is 131 Å². The average molecular weight is 322 g/mol. The lowest BCUT2D eigenvalue weighted by atomic mass is 9.88. The smallest absolute Gasteiger partial charge is 0.377 e. The van der Waals surface area contributed by atoms with Crippen molar-refractivity contribution >= 4 is 0 Å². The molecule has 1 heterocycles. The highest BCUT2D eigenvalue weighted by Crippen LogP contribution is 2.26. The number of rotatable bonds is 5. The lowest BCUT2D eigenvalue weighted by molar-refractivity contribution is -0.145. The van der Waals surface area contributed by atoms with E-state index in [1.807, 2.05) is 0 Å². The summed E-state index contributed by atoms with van der Waals surface area (Å²) in [5, 5.41) is 0. The Balaban J connectivity index is 1.64. The Morgan fingerprint density at radius 3 is 2.36 bits per heavy atom. The number of hydrogen-bond acceptors (Lipinski definition) is 3. The zero-order valence-electron chi connectivity index (χ0n) is 13.6. The molecule has 0 aromatic rings. The first-order valence-corrected chi connectivity index (χ1v) is 8.57. The van der Waals surface area contributed by atoms with E-state index in [0.717, 1.165) is 25.9 Å². The van der Waals surface area contributed by atoms with Crippen LogP contribution in [0.5, 0.6) is 0 Å². The molecule has 3 nitrogen and oxygen atoms in total. The highest BCUT2D eigenvalue weighted by Gasteiger charge is 2.31. The van der Waals surface area contributed by atoms with Gasteiger partial charge in [0.05, 0.1) is 19.3 Å². The summed E-state index contributed by atoms with van der Waals surface area (Å²) in [4.78, 5) is 3.76. The summed E-state index contributed by atoms with van der Waals surface area (Å²) >= 11 is 0. The molecule has 0 radical (unpaired) electrons. The second-order valence-electron chi connectivity index (χ2n) is 6.76. The second-order valence-corrected chi connectivity index (χ2v) is 6.76. The summed E-state index contributed by atoms with van der Waals surface area (Å²) in [6.45, 7) is 5.63. The van der Waals surface area contributed by atoms with Crippen molar-refractivity contribution in [1.29, 1.82) is 0 Å². The average Bonchev–Trinajstić information content (AvgIpc) is 2.65. The van der Waals surface area contributed by atoms with Gasteiger partial charge >= 0.3 is 6.18 Å².